The van der Waals surface area contributed by atoms with Crippen molar-refractivity contribution in [3.63, 3.8) is 0 Å². The molecule has 0 aliphatic carbocycles. The molecule has 108 valence electrons. The van der Waals surface area contributed by atoms with Gasteiger partial charge in [0.1, 0.15) is 11.6 Å². The first-order valence-electron chi connectivity index (χ1n) is 7.01. The van der Waals surface area contributed by atoms with E-state index in [-0.39, 0.29) is 11.9 Å². The number of hydrogen-bond acceptors (Lipinski definition) is 2. The number of para-hydroxylation sites is 3. The topological polar surface area (TPSA) is 29.9 Å². The highest BCUT2D eigenvalue weighted by Gasteiger charge is 2.16. The number of rotatable bonds is 3. The lowest BCUT2D eigenvalue weighted by Crippen LogP contribution is -2.13. The molecule has 0 spiro atoms. The van der Waals surface area contributed by atoms with E-state index in [9.17, 15) is 4.39 Å². The van der Waals surface area contributed by atoms with Crippen LogP contribution in [0.4, 0.5) is 10.1 Å². The van der Waals surface area contributed by atoms with E-state index < -0.39 is 0 Å². The number of aromatic nitrogens is 2. The minimum Gasteiger partial charge on any atom is -0.373 e. The molecule has 3 rings (SSSR count). The van der Waals surface area contributed by atoms with Gasteiger partial charge in [-0.1, -0.05) is 24.3 Å². The fourth-order valence-corrected chi connectivity index (χ4v) is 2.65. The molecule has 0 bridgehead atoms. The number of imidazole rings is 1. The molecule has 0 aliphatic heterocycles. The molecule has 3 nitrogen and oxygen atoms in total. The first kappa shape index (κ1) is 13.6. The van der Waals surface area contributed by atoms with Crippen molar-refractivity contribution in [2.24, 2.45) is 7.05 Å². The number of fused-ring (bicyclic) bond motifs is 1. The largest absolute Gasteiger partial charge is 0.373 e. The van der Waals surface area contributed by atoms with Crippen LogP contribution in [0.25, 0.3) is 11.0 Å². The number of halogens is 1. The van der Waals surface area contributed by atoms with Crippen LogP contribution in [0.3, 0.4) is 0 Å². The quantitative estimate of drug-likeness (QED) is 0.781. The Bertz CT molecular complexity index is 772. The van der Waals surface area contributed by atoms with E-state index in [2.05, 4.69) is 10.3 Å². The summed E-state index contributed by atoms with van der Waals surface area (Å²) < 4.78 is 16.0. The van der Waals surface area contributed by atoms with Crippen molar-refractivity contribution in [2.75, 3.05) is 5.32 Å². The highest BCUT2D eigenvalue weighted by atomic mass is 19.1. The minimum atomic E-state index is -0.236. The Labute approximate surface area is 123 Å². The van der Waals surface area contributed by atoms with Crippen molar-refractivity contribution in [2.45, 2.75) is 19.9 Å². The van der Waals surface area contributed by atoms with Gasteiger partial charge in [-0.3, -0.25) is 0 Å². The Kier molecular flexibility index (Phi) is 3.37. The Hall–Kier alpha value is -2.36. The Morgan fingerprint density at radius 1 is 1.14 bits per heavy atom. The summed E-state index contributed by atoms with van der Waals surface area (Å²) in [6, 6.07) is 13.0. The smallest absolute Gasteiger partial charge is 0.146 e. The van der Waals surface area contributed by atoms with Crippen LogP contribution >= 0.6 is 0 Å². The number of nitrogens with one attached hydrogen (secondary N) is 1. The van der Waals surface area contributed by atoms with Crippen LogP contribution in [-0.2, 0) is 7.05 Å². The standard InChI is InChI=1S/C17H18FN3/c1-11-7-6-8-13(18)16(11)19-12(2)17-20-14-9-4-5-10-15(14)21(17)3/h4-10,12,19H,1-3H3. The number of anilines is 1. The summed E-state index contributed by atoms with van der Waals surface area (Å²) in [6.07, 6.45) is 0. The third-order valence-corrected chi connectivity index (χ3v) is 3.79. The van der Waals surface area contributed by atoms with Gasteiger partial charge in [-0.25, -0.2) is 9.37 Å². The lowest BCUT2D eigenvalue weighted by atomic mass is 10.1. The highest BCUT2D eigenvalue weighted by molar-refractivity contribution is 5.76. The van der Waals surface area contributed by atoms with Gasteiger partial charge in [0.25, 0.3) is 0 Å². The predicted molar refractivity (Wildman–Crippen MR) is 83.9 cm³/mol. The van der Waals surface area contributed by atoms with Gasteiger partial charge in [0.05, 0.1) is 22.8 Å². The van der Waals surface area contributed by atoms with Gasteiger partial charge < -0.3 is 9.88 Å². The summed E-state index contributed by atoms with van der Waals surface area (Å²) in [7, 11) is 1.98. The third kappa shape index (κ3) is 2.37. The number of nitrogens with zero attached hydrogens (tertiary/aromatic N) is 2. The molecule has 1 N–H and O–H groups in total. The molecule has 4 heteroatoms. The Morgan fingerprint density at radius 2 is 1.90 bits per heavy atom. The van der Waals surface area contributed by atoms with Crippen molar-refractivity contribution in [3.8, 4) is 0 Å². The summed E-state index contributed by atoms with van der Waals surface area (Å²) in [5, 5.41) is 3.24. The molecule has 0 fully saturated rings. The third-order valence-electron chi connectivity index (χ3n) is 3.79. The molecule has 1 aromatic heterocycles. The summed E-state index contributed by atoms with van der Waals surface area (Å²) in [5.41, 5.74) is 3.46. The van der Waals surface area contributed by atoms with E-state index in [1.807, 2.05) is 55.8 Å². The molecule has 1 unspecified atom stereocenters. The van der Waals surface area contributed by atoms with E-state index >= 15 is 0 Å². The second-order valence-electron chi connectivity index (χ2n) is 5.32. The van der Waals surface area contributed by atoms with Gasteiger partial charge in [0.15, 0.2) is 0 Å². The van der Waals surface area contributed by atoms with Crippen LogP contribution in [0.5, 0.6) is 0 Å². The van der Waals surface area contributed by atoms with Crippen molar-refractivity contribution in [1.82, 2.24) is 9.55 Å². The predicted octanol–water partition coefficient (Wildman–Crippen LogP) is 4.19. The maximum absolute atomic E-state index is 13.9. The van der Waals surface area contributed by atoms with Crippen LogP contribution in [0, 0.1) is 12.7 Å². The maximum atomic E-state index is 13.9. The monoisotopic (exact) mass is 283 g/mol. The highest BCUT2D eigenvalue weighted by Crippen LogP contribution is 2.26. The van der Waals surface area contributed by atoms with Crippen LogP contribution in [-0.4, -0.2) is 9.55 Å². The second kappa shape index (κ2) is 5.20. The molecular formula is C17H18FN3. The maximum Gasteiger partial charge on any atom is 0.146 e. The first-order valence-corrected chi connectivity index (χ1v) is 7.01. The van der Waals surface area contributed by atoms with Crippen molar-refractivity contribution in [1.29, 1.82) is 0 Å². The molecule has 2 aromatic carbocycles. The van der Waals surface area contributed by atoms with Crippen LogP contribution in [0.15, 0.2) is 42.5 Å². The molecule has 0 aliphatic rings. The summed E-state index contributed by atoms with van der Waals surface area (Å²) in [6.45, 7) is 3.89. The van der Waals surface area contributed by atoms with Crippen molar-refractivity contribution < 1.29 is 4.39 Å². The summed E-state index contributed by atoms with van der Waals surface area (Å²) in [4.78, 5) is 4.65. The van der Waals surface area contributed by atoms with Crippen molar-refractivity contribution in [3.05, 3.63) is 59.7 Å². The fourth-order valence-electron chi connectivity index (χ4n) is 2.65. The number of hydrogen-bond donors (Lipinski definition) is 1. The van der Waals surface area contributed by atoms with E-state index in [1.54, 1.807) is 6.07 Å². The molecule has 0 radical (unpaired) electrons. The van der Waals surface area contributed by atoms with E-state index in [1.165, 1.54) is 6.07 Å². The average molecular weight is 283 g/mol. The van der Waals surface area contributed by atoms with Gasteiger partial charge >= 0.3 is 0 Å². The zero-order valence-electron chi connectivity index (χ0n) is 12.4. The van der Waals surface area contributed by atoms with Gasteiger partial charge in [-0.15, -0.1) is 0 Å². The van der Waals surface area contributed by atoms with Crippen molar-refractivity contribution >= 4 is 16.7 Å². The molecule has 0 saturated heterocycles. The lowest BCUT2D eigenvalue weighted by Gasteiger charge is -2.17. The van der Waals surface area contributed by atoms with E-state index in [0.717, 1.165) is 22.4 Å². The van der Waals surface area contributed by atoms with E-state index in [0.29, 0.717) is 5.69 Å². The van der Waals surface area contributed by atoms with Gasteiger partial charge in [0, 0.05) is 7.05 Å². The minimum absolute atomic E-state index is 0.0852. The number of benzene rings is 2. The van der Waals surface area contributed by atoms with Gasteiger partial charge in [0.2, 0.25) is 0 Å². The Morgan fingerprint density at radius 3 is 2.62 bits per heavy atom. The lowest BCUT2D eigenvalue weighted by molar-refractivity contribution is 0.623. The van der Waals surface area contributed by atoms with Crippen LogP contribution < -0.4 is 5.32 Å². The number of aryl methyl sites for hydroxylation is 2. The molecule has 0 amide bonds. The molecule has 1 atom stereocenters. The first-order chi connectivity index (χ1) is 10.1. The molecule has 1 heterocycles. The van der Waals surface area contributed by atoms with E-state index in [4.69, 9.17) is 0 Å². The normalized spacial score (nSPS) is 12.6. The summed E-state index contributed by atoms with van der Waals surface area (Å²) in [5.74, 6) is 0.652. The van der Waals surface area contributed by atoms with Gasteiger partial charge in [-0.2, -0.15) is 0 Å². The van der Waals surface area contributed by atoms with Gasteiger partial charge in [-0.05, 0) is 37.6 Å². The zero-order chi connectivity index (χ0) is 15.0. The summed E-state index contributed by atoms with van der Waals surface area (Å²) >= 11 is 0. The fraction of sp³-hybridized carbons (Fsp3) is 0.235. The molecule has 3 aromatic rings. The molecule has 21 heavy (non-hydrogen) atoms. The average Bonchev–Trinajstić information content (AvgIpc) is 2.81. The SMILES string of the molecule is Cc1cccc(F)c1NC(C)c1nc2ccccc2n1C. The molecular weight excluding hydrogens is 265 g/mol. The van der Waals surface area contributed by atoms with Crippen LogP contribution in [0.2, 0.25) is 0 Å². The Balaban J connectivity index is 1.97. The zero-order valence-corrected chi connectivity index (χ0v) is 12.4. The second-order valence-corrected chi connectivity index (χ2v) is 5.32. The van der Waals surface area contributed by atoms with Crippen LogP contribution in [0.1, 0.15) is 24.4 Å². The molecule has 0 saturated carbocycles.